The second-order valence-electron chi connectivity index (χ2n) is 3.73. The minimum atomic E-state index is -0.964. The molecule has 0 aliphatic heterocycles. The van der Waals surface area contributed by atoms with Crippen LogP contribution in [0, 0.1) is 0 Å². The van der Waals surface area contributed by atoms with E-state index in [4.69, 9.17) is 16.3 Å². The predicted molar refractivity (Wildman–Crippen MR) is 77.8 cm³/mol. The zero-order chi connectivity index (χ0) is 13.8. The molecule has 1 aromatic heterocycles. The summed E-state index contributed by atoms with van der Waals surface area (Å²) in [5.74, 6) is -0.402. The third-order valence-electron chi connectivity index (χ3n) is 2.50. The van der Waals surface area contributed by atoms with E-state index in [9.17, 15) is 9.90 Å². The SMILES string of the molecule is COc1ccc(C=C(C(=O)O)c2cccs2)cc1Cl. The van der Waals surface area contributed by atoms with Gasteiger partial charge in [0.25, 0.3) is 0 Å². The lowest BCUT2D eigenvalue weighted by molar-refractivity contribution is -0.130. The van der Waals surface area contributed by atoms with E-state index in [0.717, 1.165) is 5.56 Å². The Balaban J connectivity index is 2.42. The van der Waals surface area contributed by atoms with E-state index in [1.807, 2.05) is 11.4 Å². The number of rotatable bonds is 4. The van der Waals surface area contributed by atoms with Crippen LogP contribution in [0.15, 0.2) is 35.7 Å². The topological polar surface area (TPSA) is 46.5 Å². The van der Waals surface area contributed by atoms with Crippen molar-refractivity contribution in [3.8, 4) is 5.75 Å². The normalized spacial score (nSPS) is 11.4. The number of aliphatic carboxylic acids is 1. The van der Waals surface area contributed by atoms with Gasteiger partial charge in [0.15, 0.2) is 0 Å². The molecule has 0 aliphatic rings. The van der Waals surface area contributed by atoms with Gasteiger partial charge in [0.05, 0.1) is 17.7 Å². The van der Waals surface area contributed by atoms with Crippen molar-refractivity contribution in [2.75, 3.05) is 7.11 Å². The summed E-state index contributed by atoms with van der Waals surface area (Å²) in [6.07, 6.45) is 1.60. The maximum atomic E-state index is 11.3. The first-order valence-corrected chi connectivity index (χ1v) is 6.70. The van der Waals surface area contributed by atoms with Crippen LogP contribution in [0.4, 0.5) is 0 Å². The maximum absolute atomic E-state index is 11.3. The summed E-state index contributed by atoms with van der Waals surface area (Å²) in [7, 11) is 1.53. The molecule has 5 heteroatoms. The fourth-order valence-corrected chi connectivity index (χ4v) is 2.61. The molecule has 0 bridgehead atoms. The molecule has 0 spiro atoms. The zero-order valence-corrected chi connectivity index (χ0v) is 11.7. The number of carboxylic acids is 1. The van der Waals surface area contributed by atoms with Gasteiger partial charge in [-0.15, -0.1) is 11.3 Å². The van der Waals surface area contributed by atoms with Crippen LogP contribution >= 0.6 is 22.9 Å². The third-order valence-corrected chi connectivity index (χ3v) is 3.70. The first-order valence-electron chi connectivity index (χ1n) is 5.44. The molecular weight excluding hydrogens is 284 g/mol. The van der Waals surface area contributed by atoms with Crippen LogP contribution in [0.5, 0.6) is 5.75 Å². The number of ether oxygens (including phenoxy) is 1. The highest BCUT2D eigenvalue weighted by molar-refractivity contribution is 7.11. The van der Waals surface area contributed by atoms with Crippen molar-refractivity contribution in [1.82, 2.24) is 0 Å². The lowest BCUT2D eigenvalue weighted by Crippen LogP contribution is -1.97. The van der Waals surface area contributed by atoms with E-state index in [0.29, 0.717) is 15.6 Å². The van der Waals surface area contributed by atoms with Crippen LogP contribution in [0.2, 0.25) is 5.02 Å². The van der Waals surface area contributed by atoms with Crippen LogP contribution in [-0.2, 0) is 4.79 Å². The van der Waals surface area contributed by atoms with Crippen molar-refractivity contribution in [2.45, 2.75) is 0 Å². The summed E-state index contributed by atoms with van der Waals surface area (Å²) in [6.45, 7) is 0. The van der Waals surface area contributed by atoms with Gasteiger partial charge in [0, 0.05) is 4.88 Å². The summed E-state index contributed by atoms with van der Waals surface area (Å²) in [6, 6.07) is 8.74. The first-order chi connectivity index (χ1) is 9.11. The smallest absolute Gasteiger partial charge is 0.337 e. The number of halogens is 1. The molecule has 0 saturated carbocycles. The van der Waals surface area contributed by atoms with Crippen LogP contribution < -0.4 is 4.74 Å². The molecule has 0 fully saturated rings. The van der Waals surface area contributed by atoms with Crippen LogP contribution in [0.3, 0.4) is 0 Å². The Morgan fingerprint density at radius 1 is 1.42 bits per heavy atom. The number of benzene rings is 1. The Morgan fingerprint density at radius 3 is 2.74 bits per heavy atom. The molecule has 19 heavy (non-hydrogen) atoms. The minimum Gasteiger partial charge on any atom is -0.495 e. The number of thiophene rings is 1. The third kappa shape index (κ3) is 3.16. The number of methoxy groups -OCH3 is 1. The Bertz CT molecular complexity index is 618. The van der Waals surface area contributed by atoms with Crippen LogP contribution in [0.25, 0.3) is 11.6 Å². The van der Waals surface area contributed by atoms with Crippen molar-refractivity contribution >= 4 is 40.6 Å². The molecule has 98 valence electrons. The quantitative estimate of drug-likeness (QED) is 0.866. The van der Waals surface area contributed by atoms with Gasteiger partial charge in [-0.3, -0.25) is 0 Å². The average molecular weight is 295 g/mol. The number of hydrogen-bond donors (Lipinski definition) is 1. The van der Waals surface area contributed by atoms with Gasteiger partial charge in [0.2, 0.25) is 0 Å². The molecule has 3 nitrogen and oxygen atoms in total. The van der Waals surface area contributed by atoms with Gasteiger partial charge >= 0.3 is 5.97 Å². The highest BCUT2D eigenvalue weighted by Gasteiger charge is 2.11. The van der Waals surface area contributed by atoms with E-state index in [1.54, 1.807) is 30.3 Å². The molecule has 2 rings (SSSR count). The van der Waals surface area contributed by atoms with Crippen molar-refractivity contribution in [3.63, 3.8) is 0 Å². The van der Waals surface area contributed by atoms with Crippen molar-refractivity contribution < 1.29 is 14.6 Å². The maximum Gasteiger partial charge on any atom is 0.337 e. The average Bonchev–Trinajstić information content (AvgIpc) is 2.89. The monoisotopic (exact) mass is 294 g/mol. The lowest BCUT2D eigenvalue weighted by Gasteiger charge is -2.04. The fourth-order valence-electron chi connectivity index (χ4n) is 1.61. The van der Waals surface area contributed by atoms with Gasteiger partial charge < -0.3 is 9.84 Å². The van der Waals surface area contributed by atoms with E-state index >= 15 is 0 Å². The molecule has 0 saturated heterocycles. The molecule has 1 heterocycles. The molecule has 0 atom stereocenters. The van der Waals surface area contributed by atoms with Gasteiger partial charge in [-0.1, -0.05) is 23.7 Å². The standard InChI is InChI=1S/C14H11ClO3S/c1-18-12-5-4-9(8-11(12)15)7-10(14(16)17)13-3-2-6-19-13/h2-8H,1H3,(H,16,17). The van der Waals surface area contributed by atoms with Gasteiger partial charge in [-0.2, -0.15) is 0 Å². The second-order valence-corrected chi connectivity index (χ2v) is 5.09. The largest absolute Gasteiger partial charge is 0.495 e. The molecule has 0 amide bonds. The summed E-state index contributed by atoms with van der Waals surface area (Å²) in [4.78, 5) is 12.0. The Morgan fingerprint density at radius 2 is 2.21 bits per heavy atom. The zero-order valence-electron chi connectivity index (χ0n) is 10.1. The molecule has 0 aliphatic carbocycles. The van der Waals surface area contributed by atoms with Crippen LogP contribution in [0.1, 0.15) is 10.4 Å². The highest BCUT2D eigenvalue weighted by atomic mass is 35.5. The lowest BCUT2D eigenvalue weighted by atomic mass is 10.1. The van der Waals surface area contributed by atoms with Crippen molar-refractivity contribution in [1.29, 1.82) is 0 Å². The Kier molecular flexibility index (Phi) is 4.24. The molecule has 0 radical (unpaired) electrons. The Labute approximate surface area is 119 Å². The molecule has 1 aromatic carbocycles. The molecular formula is C14H11ClO3S. The van der Waals surface area contributed by atoms with E-state index in [2.05, 4.69) is 0 Å². The summed E-state index contributed by atoms with van der Waals surface area (Å²) < 4.78 is 5.06. The Hall–Kier alpha value is -1.78. The van der Waals surface area contributed by atoms with E-state index < -0.39 is 5.97 Å². The molecule has 0 unspecified atom stereocenters. The first kappa shape index (κ1) is 13.6. The predicted octanol–water partition coefficient (Wildman–Crippen LogP) is 4.04. The summed E-state index contributed by atoms with van der Waals surface area (Å²) >= 11 is 7.40. The number of carbonyl (C=O) groups is 1. The van der Waals surface area contributed by atoms with Crippen molar-refractivity contribution in [3.05, 3.63) is 51.2 Å². The summed E-state index contributed by atoms with van der Waals surface area (Å²) in [5, 5.41) is 11.5. The highest BCUT2D eigenvalue weighted by Crippen LogP contribution is 2.28. The minimum absolute atomic E-state index is 0.247. The van der Waals surface area contributed by atoms with Crippen molar-refractivity contribution in [2.24, 2.45) is 0 Å². The second kappa shape index (κ2) is 5.91. The number of carboxylic acid groups (broad SMARTS) is 1. The van der Waals surface area contributed by atoms with E-state index in [-0.39, 0.29) is 5.57 Å². The van der Waals surface area contributed by atoms with Gasteiger partial charge in [-0.25, -0.2) is 4.79 Å². The number of hydrogen-bond acceptors (Lipinski definition) is 3. The summed E-state index contributed by atoms with van der Waals surface area (Å²) in [5.41, 5.74) is 0.966. The fraction of sp³-hybridized carbons (Fsp3) is 0.0714. The molecule has 1 N–H and O–H groups in total. The van der Waals surface area contributed by atoms with Crippen LogP contribution in [-0.4, -0.2) is 18.2 Å². The van der Waals surface area contributed by atoms with E-state index in [1.165, 1.54) is 18.4 Å². The van der Waals surface area contributed by atoms with Gasteiger partial charge in [-0.05, 0) is 35.2 Å². The van der Waals surface area contributed by atoms with Gasteiger partial charge in [0.1, 0.15) is 5.75 Å². The molecule has 2 aromatic rings.